The molecule has 1 N–H and O–H groups in total. The second kappa shape index (κ2) is 9.34. The van der Waals surface area contributed by atoms with Crippen LogP contribution in [-0.4, -0.2) is 51.2 Å². The molecular formula is C23H24N6O3. The third-order valence-corrected chi connectivity index (χ3v) is 5.04. The number of hydrogen-bond donors (Lipinski definition) is 1. The van der Waals surface area contributed by atoms with Gasteiger partial charge in [-0.1, -0.05) is 0 Å². The van der Waals surface area contributed by atoms with Crippen LogP contribution in [0.3, 0.4) is 0 Å². The third-order valence-electron chi connectivity index (χ3n) is 5.04. The van der Waals surface area contributed by atoms with Crippen molar-refractivity contribution < 1.29 is 14.3 Å². The molecule has 0 atom stereocenters. The van der Waals surface area contributed by atoms with E-state index in [1.165, 1.54) is 0 Å². The Labute approximate surface area is 185 Å². The molecule has 0 saturated carbocycles. The van der Waals surface area contributed by atoms with E-state index in [0.717, 1.165) is 16.8 Å². The highest BCUT2D eigenvalue weighted by molar-refractivity contribution is 5.93. The summed E-state index contributed by atoms with van der Waals surface area (Å²) in [5.74, 6) is 1.12. The fourth-order valence-corrected chi connectivity index (χ4v) is 3.36. The normalized spacial score (nSPS) is 10.7. The molecule has 9 nitrogen and oxygen atoms in total. The van der Waals surface area contributed by atoms with Gasteiger partial charge in [0, 0.05) is 43.3 Å². The summed E-state index contributed by atoms with van der Waals surface area (Å²) >= 11 is 0. The molecular weight excluding hydrogens is 408 g/mol. The maximum Gasteiger partial charge on any atom is 0.269 e. The van der Waals surface area contributed by atoms with Crippen molar-refractivity contribution in [2.45, 2.75) is 6.54 Å². The van der Waals surface area contributed by atoms with E-state index in [-0.39, 0.29) is 5.91 Å². The number of carbonyl (C=O) groups excluding carboxylic acids is 1. The van der Waals surface area contributed by atoms with Crippen molar-refractivity contribution in [3.63, 3.8) is 0 Å². The summed E-state index contributed by atoms with van der Waals surface area (Å²) < 4.78 is 14.1. The molecule has 1 amide bonds. The predicted molar refractivity (Wildman–Crippen MR) is 120 cm³/mol. The van der Waals surface area contributed by atoms with Gasteiger partial charge < -0.3 is 14.8 Å². The number of amides is 1. The Morgan fingerprint density at radius 3 is 2.56 bits per heavy atom. The molecule has 0 saturated heterocycles. The smallest absolute Gasteiger partial charge is 0.269 e. The van der Waals surface area contributed by atoms with Crippen molar-refractivity contribution in [1.29, 1.82) is 0 Å². The summed E-state index contributed by atoms with van der Waals surface area (Å²) in [7, 11) is 4.93. The average Bonchev–Trinajstić information content (AvgIpc) is 3.46. The molecule has 0 radical (unpaired) electrons. The molecule has 0 aliphatic carbocycles. The lowest BCUT2D eigenvalue weighted by molar-refractivity contribution is 0.0942. The Bertz CT molecular complexity index is 1220. The minimum Gasteiger partial charge on any atom is -0.497 e. The highest BCUT2D eigenvalue weighted by Gasteiger charge is 2.17. The number of carbonyl (C=O) groups is 1. The van der Waals surface area contributed by atoms with E-state index in [1.807, 2.05) is 42.6 Å². The van der Waals surface area contributed by atoms with E-state index in [0.29, 0.717) is 36.0 Å². The summed E-state index contributed by atoms with van der Waals surface area (Å²) in [5.41, 5.74) is 3.69. The number of nitrogens with one attached hydrogen (secondary N) is 1. The monoisotopic (exact) mass is 432 g/mol. The number of methoxy groups -OCH3 is 2. The number of hydrogen-bond acceptors (Lipinski definition) is 6. The van der Waals surface area contributed by atoms with E-state index in [4.69, 9.17) is 9.47 Å². The first-order chi connectivity index (χ1) is 15.6. The molecule has 0 unspecified atom stereocenters. The van der Waals surface area contributed by atoms with Gasteiger partial charge in [-0.25, -0.2) is 0 Å². The van der Waals surface area contributed by atoms with Crippen LogP contribution in [0, 0.1) is 0 Å². The summed E-state index contributed by atoms with van der Waals surface area (Å²) in [6.45, 7) is 0.977. The number of nitrogens with zero attached hydrogens (tertiary/aromatic N) is 5. The lowest BCUT2D eigenvalue weighted by Crippen LogP contribution is -2.29. The van der Waals surface area contributed by atoms with Gasteiger partial charge in [-0.3, -0.25) is 19.1 Å². The van der Waals surface area contributed by atoms with Crippen LogP contribution in [-0.2, 0) is 13.6 Å². The molecule has 4 rings (SSSR count). The number of rotatable bonds is 8. The minimum atomic E-state index is -0.213. The Balaban J connectivity index is 1.42. The standard InChI is InChI=1S/C23H24N6O3/c1-28-21(15-20(26-28)18-14-17(31-2)4-5-22(18)32-3)23(30)25-11-13-29-12-8-19(27-29)16-6-9-24-10-7-16/h4-10,12,14-15H,11,13H2,1-3H3,(H,25,30). The molecule has 3 aromatic heterocycles. The Morgan fingerprint density at radius 2 is 1.81 bits per heavy atom. The summed E-state index contributed by atoms with van der Waals surface area (Å²) in [4.78, 5) is 16.8. The van der Waals surface area contributed by atoms with Gasteiger partial charge in [-0.2, -0.15) is 10.2 Å². The van der Waals surface area contributed by atoms with Crippen LogP contribution in [0.25, 0.3) is 22.5 Å². The molecule has 164 valence electrons. The van der Waals surface area contributed by atoms with Crippen molar-refractivity contribution in [1.82, 2.24) is 29.9 Å². The maximum absolute atomic E-state index is 12.7. The molecule has 1 aromatic carbocycles. The Morgan fingerprint density at radius 1 is 1.00 bits per heavy atom. The summed E-state index contributed by atoms with van der Waals surface area (Å²) in [6, 6.07) is 13.0. The van der Waals surface area contributed by atoms with E-state index < -0.39 is 0 Å². The van der Waals surface area contributed by atoms with E-state index >= 15 is 0 Å². The minimum absolute atomic E-state index is 0.213. The summed E-state index contributed by atoms with van der Waals surface area (Å²) in [6.07, 6.45) is 5.36. The second-order valence-electron chi connectivity index (χ2n) is 7.06. The second-order valence-corrected chi connectivity index (χ2v) is 7.06. The average molecular weight is 432 g/mol. The fraction of sp³-hybridized carbons (Fsp3) is 0.217. The first-order valence-corrected chi connectivity index (χ1v) is 10.1. The topological polar surface area (TPSA) is 96.1 Å². The number of benzene rings is 1. The van der Waals surface area contributed by atoms with E-state index in [1.54, 1.807) is 49.1 Å². The van der Waals surface area contributed by atoms with Gasteiger partial charge in [0.05, 0.1) is 32.2 Å². The van der Waals surface area contributed by atoms with Crippen LogP contribution < -0.4 is 14.8 Å². The Hall–Kier alpha value is -4.14. The van der Waals surface area contributed by atoms with Crippen LogP contribution in [0.2, 0.25) is 0 Å². The van der Waals surface area contributed by atoms with Crippen LogP contribution >= 0.6 is 0 Å². The third kappa shape index (κ3) is 4.46. The van der Waals surface area contributed by atoms with Crippen molar-refractivity contribution >= 4 is 5.91 Å². The highest BCUT2D eigenvalue weighted by atomic mass is 16.5. The first kappa shape index (κ1) is 21.1. The van der Waals surface area contributed by atoms with Gasteiger partial charge in [0.1, 0.15) is 17.2 Å². The molecule has 0 fully saturated rings. The van der Waals surface area contributed by atoms with Gasteiger partial charge in [-0.15, -0.1) is 0 Å². The lowest BCUT2D eigenvalue weighted by atomic mass is 10.1. The largest absolute Gasteiger partial charge is 0.497 e. The van der Waals surface area contributed by atoms with Crippen LogP contribution in [0.15, 0.2) is 61.1 Å². The van der Waals surface area contributed by atoms with Crippen LogP contribution in [0.4, 0.5) is 0 Å². The highest BCUT2D eigenvalue weighted by Crippen LogP contribution is 2.32. The Kier molecular flexibility index (Phi) is 6.16. The zero-order valence-corrected chi connectivity index (χ0v) is 18.1. The van der Waals surface area contributed by atoms with E-state index in [2.05, 4.69) is 20.5 Å². The molecule has 4 aromatic rings. The van der Waals surface area contributed by atoms with Gasteiger partial charge in [0.2, 0.25) is 0 Å². The quantitative estimate of drug-likeness (QED) is 0.460. The van der Waals surface area contributed by atoms with Crippen molar-refractivity contribution in [2.24, 2.45) is 7.05 Å². The zero-order valence-electron chi connectivity index (χ0n) is 18.1. The molecule has 3 heterocycles. The molecule has 32 heavy (non-hydrogen) atoms. The van der Waals surface area contributed by atoms with Gasteiger partial charge in [0.15, 0.2) is 0 Å². The van der Waals surface area contributed by atoms with Crippen molar-refractivity contribution in [3.8, 4) is 34.0 Å². The molecule has 0 aliphatic rings. The van der Waals surface area contributed by atoms with Crippen molar-refractivity contribution in [3.05, 3.63) is 66.7 Å². The maximum atomic E-state index is 12.7. The van der Waals surface area contributed by atoms with Crippen molar-refractivity contribution in [2.75, 3.05) is 20.8 Å². The number of pyridine rings is 1. The zero-order chi connectivity index (χ0) is 22.5. The SMILES string of the molecule is COc1ccc(OC)c(-c2cc(C(=O)NCCn3ccc(-c4ccncc4)n3)n(C)n2)c1. The number of aryl methyl sites for hydroxylation is 1. The van der Waals surface area contributed by atoms with Gasteiger partial charge >= 0.3 is 0 Å². The number of ether oxygens (including phenoxy) is 2. The van der Waals surface area contributed by atoms with Gasteiger partial charge in [0.25, 0.3) is 5.91 Å². The van der Waals surface area contributed by atoms with Gasteiger partial charge in [-0.05, 0) is 42.5 Å². The molecule has 0 bridgehead atoms. The fourth-order valence-electron chi connectivity index (χ4n) is 3.36. The molecule has 0 spiro atoms. The number of aromatic nitrogens is 5. The lowest BCUT2D eigenvalue weighted by Gasteiger charge is -2.08. The van der Waals surface area contributed by atoms with Crippen LogP contribution in [0.5, 0.6) is 11.5 Å². The van der Waals surface area contributed by atoms with Crippen LogP contribution in [0.1, 0.15) is 10.5 Å². The predicted octanol–water partition coefficient (Wildman–Crippen LogP) is 2.79. The molecule has 0 aliphatic heterocycles. The first-order valence-electron chi connectivity index (χ1n) is 10.1. The van der Waals surface area contributed by atoms with E-state index in [9.17, 15) is 4.79 Å². The molecule has 9 heteroatoms. The summed E-state index contributed by atoms with van der Waals surface area (Å²) in [5, 5.41) is 12.0.